The molecule has 0 saturated heterocycles. The van der Waals surface area contributed by atoms with Crippen LogP contribution in [0.25, 0.3) is 5.69 Å². The number of carbonyl (C=O) groups is 3. The molecule has 1 aromatic heterocycles. The fourth-order valence-corrected chi connectivity index (χ4v) is 3.04. The van der Waals surface area contributed by atoms with Gasteiger partial charge in [-0.1, -0.05) is 23.2 Å². The van der Waals surface area contributed by atoms with Crippen LogP contribution in [0.4, 0.5) is 5.82 Å². The number of carboxylic acid groups (broad SMARTS) is 1. The lowest BCUT2D eigenvalue weighted by Gasteiger charge is -2.15. The average molecular weight is 368 g/mol. The van der Waals surface area contributed by atoms with Crippen LogP contribution in [0.3, 0.4) is 0 Å². The van der Waals surface area contributed by atoms with E-state index < -0.39 is 29.2 Å². The van der Waals surface area contributed by atoms with Crippen LogP contribution in [0, 0.1) is 0 Å². The number of rotatable bonds is 2. The number of halogens is 2. The number of imide groups is 1. The second-order valence-corrected chi connectivity index (χ2v) is 5.71. The average Bonchev–Trinajstić information content (AvgIpc) is 2.75. The van der Waals surface area contributed by atoms with Gasteiger partial charge in [0.25, 0.3) is 17.4 Å². The molecule has 2 amide bonds. The summed E-state index contributed by atoms with van der Waals surface area (Å²) in [5.41, 5.74) is 4.02. The number of hydrogen-bond donors (Lipinski definition) is 3. The van der Waals surface area contributed by atoms with Crippen LogP contribution in [0.2, 0.25) is 10.0 Å². The van der Waals surface area contributed by atoms with Crippen molar-refractivity contribution >= 4 is 46.8 Å². The number of anilines is 1. The minimum absolute atomic E-state index is 0.0434. The lowest BCUT2D eigenvalue weighted by molar-refractivity contribution is 0.0696. The van der Waals surface area contributed by atoms with Gasteiger partial charge in [0.15, 0.2) is 0 Å². The van der Waals surface area contributed by atoms with Crippen molar-refractivity contribution in [3.05, 3.63) is 55.3 Å². The summed E-state index contributed by atoms with van der Waals surface area (Å²) in [5, 5.41) is 11.2. The Hall–Kier alpha value is -2.84. The lowest BCUT2D eigenvalue weighted by atomic mass is 10.1. The third-order valence-electron chi connectivity index (χ3n) is 3.44. The van der Waals surface area contributed by atoms with Crippen molar-refractivity contribution in [3.63, 3.8) is 0 Å². The Kier molecular flexibility index (Phi) is 3.58. The van der Waals surface area contributed by atoms with Crippen LogP contribution in [-0.2, 0) is 0 Å². The van der Waals surface area contributed by atoms with E-state index >= 15 is 0 Å². The highest BCUT2D eigenvalue weighted by Crippen LogP contribution is 2.31. The van der Waals surface area contributed by atoms with Gasteiger partial charge in [-0.2, -0.15) is 0 Å². The number of nitrogen functional groups attached to an aromatic ring is 1. The topological polar surface area (TPSA) is 131 Å². The predicted molar refractivity (Wildman–Crippen MR) is 85.2 cm³/mol. The first-order chi connectivity index (χ1) is 11.2. The number of pyridine rings is 1. The van der Waals surface area contributed by atoms with Crippen molar-refractivity contribution in [2.45, 2.75) is 0 Å². The van der Waals surface area contributed by atoms with Crippen molar-refractivity contribution in [1.82, 2.24) is 9.88 Å². The first-order valence-corrected chi connectivity index (χ1v) is 7.12. The van der Waals surface area contributed by atoms with E-state index in [1.54, 1.807) is 0 Å². The maximum Gasteiger partial charge on any atom is 0.337 e. The van der Waals surface area contributed by atoms with Crippen molar-refractivity contribution in [2.24, 2.45) is 0 Å². The highest BCUT2D eigenvalue weighted by molar-refractivity contribution is 6.36. The molecule has 0 bridgehead atoms. The summed E-state index contributed by atoms with van der Waals surface area (Å²) in [5.74, 6) is -3.34. The number of hydrogen-bond acceptors (Lipinski definition) is 5. The predicted octanol–water partition coefficient (Wildman–Crippen LogP) is 1.31. The number of nitrogens with one attached hydrogen (secondary N) is 1. The standard InChI is InChI=1S/C14H7Cl2N3O5/c15-4-1-6(14(23)24)10(7(16)2-4)19-8(20)3-5-9(11(19)17)13(22)18-12(5)21/h1-3H,17H2,(H,23,24)(H,18,21,22). The van der Waals surface area contributed by atoms with Crippen molar-refractivity contribution in [3.8, 4) is 5.69 Å². The van der Waals surface area contributed by atoms with Gasteiger partial charge in [0, 0.05) is 11.1 Å². The maximum atomic E-state index is 12.4. The molecule has 0 atom stereocenters. The monoisotopic (exact) mass is 367 g/mol. The second-order valence-electron chi connectivity index (χ2n) is 4.86. The SMILES string of the molecule is Nc1c2c(cc(=O)n1-c1c(Cl)cc(Cl)cc1C(=O)O)C(=O)NC2=O. The first-order valence-electron chi connectivity index (χ1n) is 6.36. The van der Waals surface area contributed by atoms with Crippen molar-refractivity contribution in [2.75, 3.05) is 5.73 Å². The van der Waals surface area contributed by atoms with Crippen LogP contribution in [0.1, 0.15) is 31.1 Å². The molecule has 0 unspecified atom stereocenters. The summed E-state index contributed by atoms with van der Waals surface area (Å²) < 4.78 is 0.763. The number of aromatic nitrogens is 1. The van der Waals surface area contributed by atoms with Crippen LogP contribution < -0.4 is 16.6 Å². The second kappa shape index (κ2) is 5.36. The highest BCUT2D eigenvalue weighted by Gasteiger charge is 2.33. The highest BCUT2D eigenvalue weighted by atomic mass is 35.5. The number of aromatic carboxylic acids is 1. The Morgan fingerprint density at radius 2 is 1.79 bits per heavy atom. The third-order valence-corrected chi connectivity index (χ3v) is 3.94. The fraction of sp³-hybridized carbons (Fsp3) is 0. The molecule has 122 valence electrons. The molecule has 2 aromatic rings. The van der Waals surface area contributed by atoms with Crippen molar-refractivity contribution < 1.29 is 19.5 Å². The molecule has 0 radical (unpaired) electrons. The summed E-state index contributed by atoms with van der Waals surface area (Å²) in [7, 11) is 0. The van der Waals surface area contributed by atoms with Gasteiger partial charge in [-0.3, -0.25) is 24.3 Å². The number of benzene rings is 1. The molecule has 8 nitrogen and oxygen atoms in total. The smallest absolute Gasteiger partial charge is 0.337 e. The molecule has 3 rings (SSSR count). The molecule has 0 fully saturated rings. The van der Waals surface area contributed by atoms with Gasteiger partial charge in [0.2, 0.25) is 0 Å². The molecule has 24 heavy (non-hydrogen) atoms. The molecule has 4 N–H and O–H groups in total. The quantitative estimate of drug-likeness (QED) is 0.685. The molecule has 1 aliphatic rings. The molecule has 1 aliphatic heterocycles. The number of fused-ring (bicyclic) bond motifs is 1. The number of nitrogens with two attached hydrogens (primary N) is 1. The zero-order valence-corrected chi connectivity index (χ0v) is 13.1. The normalized spacial score (nSPS) is 12.9. The molecular weight excluding hydrogens is 361 g/mol. The van der Waals surface area contributed by atoms with Crippen LogP contribution in [-0.4, -0.2) is 27.5 Å². The van der Waals surface area contributed by atoms with Crippen LogP contribution in [0.15, 0.2) is 23.0 Å². The number of nitrogens with zero attached hydrogens (tertiary/aromatic N) is 1. The maximum absolute atomic E-state index is 12.4. The first kappa shape index (κ1) is 16.0. The van der Waals surface area contributed by atoms with E-state index in [2.05, 4.69) is 0 Å². The molecular formula is C14H7Cl2N3O5. The van der Waals surface area contributed by atoms with Gasteiger partial charge in [-0.15, -0.1) is 0 Å². The molecule has 1 aromatic carbocycles. The zero-order valence-electron chi connectivity index (χ0n) is 11.6. The van der Waals surface area contributed by atoms with E-state index in [-0.39, 0.29) is 32.4 Å². The summed E-state index contributed by atoms with van der Waals surface area (Å²) in [4.78, 5) is 47.3. The number of carboxylic acids is 1. The van der Waals surface area contributed by atoms with Gasteiger partial charge in [-0.25, -0.2) is 4.79 Å². The van der Waals surface area contributed by atoms with Crippen LogP contribution >= 0.6 is 23.2 Å². The Balaban J connectivity index is 2.44. The zero-order chi connectivity index (χ0) is 17.8. The molecule has 10 heteroatoms. The van der Waals surface area contributed by atoms with E-state index in [0.29, 0.717) is 0 Å². The Labute approximate surface area is 143 Å². The van der Waals surface area contributed by atoms with E-state index in [0.717, 1.165) is 16.7 Å². The van der Waals surface area contributed by atoms with Gasteiger partial charge in [0.1, 0.15) is 5.82 Å². The van der Waals surface area contributed by atoms with Gasteiger partial charge >= 0.3 is 5.97 Å². The minimum atomic E-state index is -1.40. The molecule has 0 spiro atoms. The molecule has 0 saturated carbocycles. The van der Waals surface area contributed by atoms with Gasteiger partial charge < -0.3 is 10.8 Å². The molecule has 0 aliphatic carbocycles. The van der Waals surface area contributed by atoms with Gasteiger partial charge in [0.05, 0.1) is 27.4 Å². The van der Waals surface area contributed by atoms with Crippen LogP contribution in [0.5, 0.6) is 0 Å². The lowest BCUT2D eigenvalue weighted by Crippen LogP contribution is -2.26. The largest absolute Gasteiger partial charge is 0.478 e. The summed E-state index contributed by atoms with van der Waals surface area (Å²) >= 11 is 11.8. The minimum Gasteiger partial charge on any atom is -0.478 e. The third kappa shape index (κ3) is 2.24. The Bertz CT molecular complexity index is 1010. The molecule has 2 heterocycles. The number of carbonyl (C=O) groups excluding carboxylic acids is 2. The van der Waals surface area contributed by atoms with E-state index in [4.69, 9.17) is 28.9 Å². The van der Waals surface area contributed by atoms with Crippen molar-refractivity contribution in [1.29, 1.82) is 0 Å². The summed E-state index contributed by atoms with van der Waals surface area (Å²) in [6, 6.07) is 3.22. The summed E-state index contributed by atoms with van der Waals surface area (Å²) in [6.45, 7) is 0. The Morgan fingerprint density at radius 3 is 2.42 bits per heavy atom. The fourth-order valence-electron chi connectivity index (χ4n) is 2.47. The van der Waals surface area contributed by atoms with E-state index in [1.165, 1.54) is 6.07 Å². The van der Waals surface area contributed by atoms with E-state index in [1.807, 2.05) is 5.32 Å². The Morgan fingerprint density at radius 1 is 1.12 bits per heavy atom. The summed E-state index contributed by atoms with van der Waals surface area (Å²) in [6.07, 6.45) is 0. The van der Waals surface area contributed by atoms with Gasteiger partial charge in [-0.05, 0) is 12.1 Å². The number of amides is 2. The van der Waals surface area contributed by atoms with E-state index in [9.17, 15) is 24.3 Å².